The lowest BCUT2D eigenvalue weighted by Gasteiger charge is -2.17. The lowest BCUT2D eigenvalue weighted by molar-refractivity contribution is 0.0468. The van der Waals surface area contributed by atoms with Crippen molar-refractivity contribution in [2.24, 2.45) is 10.7 Å². The number of rotatable bonds is 7. The van der Waals surface area contributed by atoms with E-state index in [0.717, 1.165) is 12.1 Å². The van der Waals surface area contributed by atoms with Crippen LogP contribution in [0.5, 0.6) is 0 Å². The Hall–Kier alpha value is -1.35. The SMILES string of the molecule is CN=C(NCCOC1CCCCCC1)NCc1cccc(C(N)=O)c1.I. The molecule has 6 nitrogen and oxygen atoms in total. The van der Waals surface area contributed by atoms with Gasteiger partial charge in [-0.05, 0) is 30.5 Å². The molecule has 26 heavy (non-hydrogen) atoms. The van der Waals surface area contributed by atoms with Crippen LogP contribution in [0.1, 0.15) is 54.4 Å². The summed E-state index contributed by atoms with van der Waals surface area (Å²) in [5.41, 5.74) is 6.80. The summed E-state index contributed by atoms with van der Waals surface area (Å²) in [7, 11) is 1.74. The van der Waals surface area contributed by atoms with Gasteiger partial charge < -0.3 is 21.1 Å². The average Bonchev–Trinajstić information content (AvgIpc) is 2.90. The van der Waals surface area contributed by atoms with Crippen LogP contribution in [0, 0.1) is 0 Å². The monoisotopic (exact) mass is 474 g/mol. The molecule has 0 spiro atoms. The Balaban J connectivity index is 0.00000338. The van der Waals surface area contributed by atoms with E-state index < -0.39 is 5.91 Å². The maximum absolute atomic E-state index is 11.2. The Morgan fingerprint density at radius 2 is 1.96 bits per heavy atom. The van der Waals surface area contributed by atoms with E-state index in [2.05, 4.69) is 15.6 Å². The lowest BCUT2D eigenvalue weighted by atomic mass is 10.1. The van der Waals surface area contributed by atoms with Gasteiger partial charge in [0.1, 0.15) is 0 Å². The van der Waals surface area contributed by atoms with Crippen molar-refractivity contribution in [1.82, 2.24) is 10.6 Å². The van der Waals surface area contributed by atoms with E-state index in [1.54, 1.807) is 19.2 Å². The zero-order chi connectivity index (χ0) is 17.9. The summed E-state index contributed by atoms with van der Waals surface area (Å²) in [6.45, 7) is 1.98. The summed E-state index contributed by atoms with van der Waals surface area (Å²) in [5.74, 6) is 0.300. The predicted octanol–water partition coefficient (Wildman–Crippen LogP) is 2.81. The summed E-state index contributed by atoms with van der Waals surface area (Å²) in [6, 6.07) is 7.28. The topological polar surface area (TPSA) is 88.7 Å². The number of hydrogen-bond donors (Lipinski definition) is 3. The van der Waals surface area contributed by atoms with Crippen molar-refractivity contribution in [2.75, 3.05) is 20.2 Å². The zero-order valence-electron chi connectivity index (χ0n) is 15.5. The van der Waals surface area contributed by atoms with Gasteiger partial charge in [0.15, 0.2) is 5.96 Å². The van der Waals surface area contributed by atoms with Crippen LogP contribution >= 0.6 is 24.0 Å². The molecule has 1 amide bonds. The van der Waals surface area contributed by atoms with Gasteiger partial charge in [0.25, 0.3) is 0 Å². The number of nitrogens with two attached hydrogens (primary N) is 1. The number of aliphatic imine (C=N–C) groups is 1. The largest absolute Gasteiger partial charge is 0.376 e. The van der Waals surface area contributed by atoms with Crippen LogP contribution in [0.2, 0.25) is 0 Å². The van der Waals surface area contributed by atoms with E-state index in [1.165, 1.54) is 38.5 Å². The Labute approximate surface area is 173 Å². The van der Waals surface area contributed by atoms with Crippen LogP contribution in [-0.4, -0.2) is 38.2 Å². The number of carbonyl (C=O) groups excluding carboxylic acids is 1. The molecule has 1 aliphatic rings. The highest BCUT2D eigenvalue weighted by atomic mass is 127. The highest BCUT2D eigenvalue weighted by Gasteiger charge is 2.12. The van der Waals surface area contributed by atoms with Crippen LogP contribution in [0.15, 0.2) is 29.3 Å². The Morgan fingerprint density at radius 3 is 2.62 bits per heavy atom. The standard InChI is InChI=1S/C19H30N4O2.HI/c1-21-19(22-11-12-25-17-9-4-2-3-5-10-17)23-14-15-7-6-8-16(13-15)18(20)24;/h6-8,13,17H,2-5,9-12,14H2,1H3,(H2,20,24)(H2,21,22,23);1H. The first-order chi connectivity index (χ1) is 12.2. The number of benzene rings is 1. The van der Waals surface area contributed by atoms with Crippen molar-refractivity contribution < 1.29 is 9.53 Å². The molecule has 1 aromatic carbocycles. The van der Waals surface area contributed by atoms with Crippen molar-refractivity contribution in [1.29, 1.82) is 0 Å². The van der Waals surface area contributed by atoms with E-state index in [-0.39, 0.29) is 24.0 Å². The maximum atomic E-state index is 11.2. The first kappa shape index (κ1) is 22.7. The minimum Gasteiger partial charge on any atom is -0.376 e. The van der Waals surface area contributed by atoms with Gasteiger partial charge in [0.05, 0.1) is 12.7 Å². The number of nitrogens with zero attached hydrogens (tertiary/aromatic N) is 1. The highest BCUT2D eigenvalue weighted by Crippen LogP contribution is 2.19. The van der Waals surface area contributed by atoms with E-state index in [4.69, 9.17) is 10.5 Å². The molecular formula is C19H31IN4O2. The number of guanidine groups is 1. The molecule has 1 aromatic rings. The van der Waals surface area contributed by atoms with Crippen LogP contribution in [-0.2, 0) is 11.3 Å². The first-order valence-corrected chi connectivity index (χ1v) is 9.14. The molecule has 0 atom stereocenters. The molecule has 1 aliphatic carbocycles. The number of amides is 1. The summed E-state index contributed by atoms with van der Waals surface area (Å²) < 4.78 is 5.97. The number of carbonyl (C=O) groups is 1. The number of halogens is 1. The van der Waals surface area contributed by atoms with Crippen LogP contribution in [0.4, 0.5) is 0 Å². The normalized spacial score (nSPS) is 15.7. The van der Waals surface area contributed by atoms with Gasteiger partial charge >= 0.3 is 0 Å². The molecule has 1 saturated carbocycles. The molecule has 0 unspecified atom stereocenters. The third-order valence-corrected chi connectivity index (χ3v) is 4.45. The second kappa shape index (κ2) is 12.9. The number of nitrogens with one attached hydrogen (secondary N) is 2. The molecule has 4 N–H and O–H groups in total. The van der Waals surface area contributed by atoms with Crippen LogP contribution in [0.25, 0.3) is 0 Å². The van der Waals surface area contributed by atoms with Gasteiger partial charge in [-0.25, -0.2) is 0 Å². The van der Waals surface area contributed by atoms with Crippen molar-refractivity contribution in [2.45, 2.75) is 51.2 Å². The molecule has 0 aromatic heterocycles. The zero-order valence-corrected chi connectivity index (χ0v) is 17.8. The van der Waals surface area contributed by atoms with Crippen molar-refractivity contribution in [3.8, 4) is 0 Å². The molecule has 0 aliphatic heterocycles. The van der Waals surface area contributed by atoms with Gasteiger partial charge in [-0.3, -0.25) is 9.79 Å². The fraction of sp³-hybridized carbons (Fsp3) is 0.579. The van der Waals surface area contributed by atoms with E-state index in [1.807, 2.05) is 12.1 Å². The van der Waals surface area contributed by atoms with Crippen molar-refractivity contribution in [3.05, 3.63) is 35.4 Å². The molecule has 146 valence electrons. The van der Waals surface area contributed by atoms with Gasteiger partial charge in [-0.15, -0.1) is 24.0 Å². The van der Waals surface area contributed by atoms with Gasteiger partial charge in [-0.1, -0.05) is 37.8 Å². The third-order valence-electron chi connectivity index (χ3n) is 4.45. The number of primary amides is 1. The van der Waals surface area contributed by atoms with Gasteiger partial charge in [0.2, 0.25) is 5.91 Å². The van der Waals surface area contributed by atoms with Gasteiger partial charge in [0, 0.05) is 25.7 Å². The van der Waals surface area contributed by atoms with Crippen LogP contribution < -0.4 is 16.4 Å². The molecule has 0 saturated heterocycles. The minimum absolute atomic E-state index is 0. The summed E-state index contributed by atoms with van der Waals surface area (Å²) in [4.78, 5) is 15.4. The smallest absolute Gasteiger partial charge is 0.248 e. The van der Waals surface area contributed by atoms with E-state index >= 15 is 0 Å². The molecule has 0 heterocycles. The fourth-order valence-electron chi connectivity index (χ4n) is 3.04. The number of ether oxygens (including phenoxy) is 1. The highest BCUT2D eigenvalue weighted by molar-refractivity contribution is 14.0. The summed E-state index contributed by atoms with van der Waals surface area (Å²) in [6.07, 6.45) is 8.02. The predicted molar refractivity (Wildman–Crippen MR) is 116 cm³/mol. The molecule has 1 fully saturated rings. The second-order valence-corrected chi connectivity index (χ2v) is 6.40. The van der Waals surface area contributed by atoms with Crippen molar-refractivity contribution in [3.63, 3.8) is 0 Å². The lowest BCUT2D eigenvalue weighted by Crippen LogP contribution is -2.39. The molecule has 2 rings (SSSR count). The third kappa shape index (κ3) is 8.35. The fourth-order valence-corrected chi connectivity index (χ4v) is 3.04. The van der Waals surface area contributed by atoms with Crippen LogP contribution in [0.3, 0.4) is 0 Å². The maximum Gasteiger partial charge on any atom is 0.248 e. The molecular weight excluding hydrogens is 443 g/mol. The molecule has 7 heteroatoms. The Bertz CT molecular complexity index is 572. The van der Waals surface area contributed by atoms with E-state index in [0.29, 0.717) is 30.8 Å². The average molecular weight is 474 g/mol. The Morgan fingerprint density at radius 1 is 1.23 bits per heavy atom. The molecule has 0 bridgehead atoms. The first-order valence-electron chi connectivity index (χ1n) is 9.14. The van der Waals surface area contributed by atoms with E-state index in [9.17, 15) is 4.79 Å². The van der Waals surface area contributed by atoms with Crippen molar-refractivity contribution >= 4 is 35.8 Å². The molecule has 0 radical (unpaired) electrons. The van der Waals surface area contributed by atoms with Gasteiger partial charge in [-0.2, -0.15) is 0 Å². The minimum atomic E-state index is -0.417. The second-order valence-electron chi connectivity index (χ2n) is 6.40. The quantitative estimate of drug-likeness (QED) is 0.187. The summed E-state index contributed by atoms with van der Waals surface area (Å²) >= 11 is 0. The number of hydrogen-bond acceptors (Lipinski definition) is 3. The Kier molecular flexibility index (Phi) is 11.3. The summed E-state index contributed by atoms with van der Waals surface area (Å²) in [5, 5.41) is 6.49.